The van der Waals surface area contributed by atoms with E-state index in [2.05, 4.69) is 17.1 Å². The molecule has 1 fully saturated rings. The Morgan fingerprint density at radius 3 is 2.83 bits per heavy atom. The fraction of sp³-hybridized carbons (Fsp3) is 0.600. The second kappa shape index (κ2) is 6.21. The van der Waals surface area contributed by atoms with Crippen LogP contribution >= 0.6 is 0 Å². The van der Waals surface area contributed by atoms with E-state index < -0.39 is 0 Å². The standard InChI is InChI=1S/C15H24N2O/c1-15(12-16-2)8-9-17(13-15)10-11-18-14-6-4-3-5-7-14/h3-7,16H,8-13H2,1-2H3. The maximum Gasteiger partial charge on any atom is 0.119 e. The van der Waals surface area contributed by atoms with Crippen molar-refractivity contribution in [3.63, 3.8) is 0 Å². The molecule has 100 valence electrons. The first-order valence-electron chi connectivity index (χ1n) is 6.77. The SMILES string of the molecule is CNCC1(C)CCN(CCOc2ccccc2)C1. The summed E-state index contributed by atoms with van der Waals surface area (Å²) in [4.78, 5) is 2.50. The lowest BCUT2D eigenvalue weighted by molar-refractivity contribution is 0.216. The number of nitrogens with zero attached hydrogens (tertiary/aromatic N) is 1. The number of benzene rings is 1. The van der Waals surface area contributed by atoms with Crippen molar-refractivity contribution in [1.29, 1.82) is 0 Å². The summed E-state index contributed by atoms with van der Waals surface area (Å²) >= 11 is 0. The lowest BCUT2D eigenvalue weighted by Crippen LogP contribution is -2.34. The van der Waals surface area contributed by atoms with Crippen molar-refractivity contribution in [1.82, 2.24) is 10.2 Å². The van der Waals surface area contributed by atoms with E-state index in [-0.39, 0.29) is 0 Å². The van der Waals surface area contributed by atoms with Crippen molar-refractivity contribution < 1.29 is 4.74 Å². The molecule has 1 aromatic carbocycles. The summed E-state index contributed by atoms with van der Waals surface area (Å²) in [7, 11) is 2.03. The molecule has 0 radical (unpaired) electrons. The number of hydrogen-bond donors (Lipinski definition) is 1. The Labute approximate surface area is 110 Å². The molecule has 1 atom stereocenters. The van der Waals surface area contributed by atoms with Crippen LogP contribution in [-0.4, -0.2) is 44.7 Å². The number of para-hydroxylation sites is 1. The van der Waals surface area contributed by atoms with Gasteiger partial charge in [-0.25, -0.2) is 0 Å². The zero-order valence-electron chi connectivity index (χ0n) is 11.5. The second-order valence-corrected chi connectivity index (χ2v) is 5.53. The molecule has 0 bridgehead atoms. The van der Waals surface area contributed by atoms with Gasteiger partial charge in [-0.05, 0) is 37.6 Å². The molecule has 0 aliphatic carbocycles. The summed E-state index contributed by atoms with van der Waals surface area (Å²) in [5.41, 5.74) is 0.432. The van der Waals surface area contributed by atoms with Crippen LogP contribution in [0.15, 0.2) is 30.3 Å². The fourth-order valence-corrected chi connectivity index (χ4v) is 2.70. The van der Waals surface area contributed by atoms with Gasteiger partial charge >= 0.3 is 0 Å². The molecule has 1 saturated heterocycles. The normalized spacial score (nSPS) is 24.3. The Morgan fingerprint density at radius 2 is 2.11 bits per heavy atom. The topological polar surface area (TPSA) is 24.5 Å². The zero-order chi connectivity index (χ0) is 12.8. The van der Waals surface area contributed by atoms with Gasteiger partial charge < -0.3 is 10.1 Å². The van der Waals surface area contributed by atoms with Crippen LogP contribution in [0.4, 0.5) is 0 Å². The van der Waals surface area contributed by atoms with Crippen LogP contribution in [0.2, 0.25) is 0 Å². The first-order valence-corrected chi connectivity index (χ1v) is 6.77. The molecule has 1 N–H and O–H groups in total. The van der Waals surface area contributed by atoms with E-state index in [1.54, 1.807) is 0 Å². The number of nitrogens with one attached hydrogen (secondary N) is 1. The van der Waals surface area contributed by atoms with Gasteiger partial charge in [0.05, 0.1) is 0 Å². The monoisotopic (exact) mass is 248 g/mol. The lowest BCUT2D eigenvalue weighted by Gasteiger charge is -2.24. The van der Waals surface area contributed by atoms with Crippen molar-refractivity contribution >= 4 is 0 Å². The zero-order valence-corrected chi connectivity index (χ0v) is 11.5. The van der Waals surface area contributed by atoms with E-state index in [4.69, 9.17) is 4.74 Å². The third-order valence-corrected chi connectivity index (χ3v) is 3.66. The van der Waals surface area contributed by atoms with Crippen molar-refractivity contribution in [2.75, 3.05) is 39.8 Å². The van der Waals surface area contributed by atoms with Gasteiger partial charge in [-0.15, -0.1) is 0 Å². The van der Waals surface area contributed by atoms with Gasteiger partial charge in [0, 0.05) is 19.6 Å². The van der Waals surface area contributed by atoms with Gasteiger partial charge in [0.2, 0.25) is 0 Å². The van der Waals surface area contributed by atoms with E-state index in [1.165, 1.54) is 19.5 Å². The summed E-state index contributed by atoms with van der Waals surface area (Å²) in [6.45, 7) is 7.63. The highest BCUT2D eigenvalue weighted by Gasteiger charge is 2.32. The Bertz CT molecular complexity index is 355. The van der Waals surface area contributed by atoms with Gasteiger partial charge in [-0.3, -0.25) is 4.90 Å². The number of hydrogen-bond acceptors (Lipinski definition) is 3. The fourth-order valence-electron chi connectivity index (χ4n) is 2.70. The maximum atomic E-state index is 5.74. The third kappa shape index (κ3) is 3.72. The molecule has 1 unspecified atom stereocenters. The first-order chi connectivity index (χ1) is 8.72. The van der Waals surface area contributed by atoms with Crippen LogP contribution in [0.5, 0.6) is 5.75 Å². The molecule has 3 nitrogen and oxygen atoms in total. The summed E-state index contributed by atoms with van der Waals surface area (Å²) in [6.07, 6.45) is 1.28. The number of ether oxygens (including phenoxy) is 1. The van der Waals surface area contributed by atoms with E-state index in [1.807, 2.05) is 37.4 Å². The Kier molecular flexibility index (Phi) is 4.61. The molecular formula is C15H24N2O. The van der Waals surface area contributed by atoms with Gasteiger partial charge in [0.1, 0.15) is 12.4 Å². The molecule has 18 heavy (non-hydrogen) atoms. The first kappa shape index (κ1) is 13.4. The second-order valence-electron chi connectivity index (χ2n) is 5.53. The van der Waals surface area contributed by atoms with E-state index in [0.29, 0.717) is 5.41 Å². The highest BCUT2D eigenvalue weighted by molar-refractivity contribution is 5.20. The van der Waals surface area contributed by atoms with Gasteiger partial charge in [0.25, 0.3) is 0 Å². The van der Waals surface area contributed by atoms with Crippen molar-refractivity contribution in [2.24, 2.45) is 5.41 Å². The molecule has 1 aliphatic heterocycles. The number of rotatable bonds is 6. The van der Waals surface area contributed by atoms with Crippen LogP contribution in [0, 0.1) is 5.41 Å². The number of likely N-dealkylation sites (tertiary alicyclic amines) is 1. The van der Waals surface area contributed by atoms with Crippen LogP contribution in [0.3, 0.4) is 0 Å². The van der Waals surface area contributed by atoms with E-state index in [0.717, 1.165) is 25.4 Å². The lowest BCUT2D eigenvalue weighted by atomic mass is 9.90. The molecule has 3 heteroatoms. The minimum Gasteiger partial charge on any atom is -0.492 e. The highest BCUT2D eigenvalue weighted by Crippen LogP contribution is 2.28. The van der Waals surface area contributed by atoms with Crippen LogP contribution in [-0.2, 0) is 0 Å². The maximum absolute atomic E-state index is 5.74. The van der Waals surface area contributed by atoms with Crippen molar-refractivity contribution in [3.8, 4) is 5.75 Å². The summed E-state index contributed by atoms with van der Waals surface area (Å²) in [5.74, 6) is 0.967. The Balaban J connectivity index is 1.69. The van der Waals surface area contributed by atoms with Gasteiger partial charge in [-0.2, -0.15) is 0 Å². The molecule has 0 aromatic heterocycles. The summed E-state index contributed by atoms with van der Waals surface area (Å²) < 4.78 is 5.74. The highest BCUT2D eigenvalue weighted by atomic mass is 16.5. The molecule has 0 amide bonds. The van der Waals surface area contributed by atoms with Gasteiger partial charge in [0.15, 0.2) is 0 Å². The molecule has 0 spiro atoms. The Hall–Kier alpha value is -1.06. The molecular weight excluding hydrogens is 224 g/mol. The summed E-state index contributed by atoms with van der Waals surface area (Å²) in [5, 5.41) is 3.29. The minimum absolute atomic E-state index is 0.432. The van der Waals surface area contributed by atoms with Gasteiger partial charge in [-0.1, -0.05) is 25.1 Å². The molecule has 2 rings (SSSR count). The van der Waals surface area contributed by atoms with Crippen LogP contribution in [0.25, 0.3) is 0 Å². The predicted molar refractivity (Wildman–Crippen MR) is 75.0 cm³/mol. The minimum atomic E-state index is 0.432. The van der Waals surface area contributed by atoms with Crippen LogP contribution < -0.4 is 10.1 Å². The quantitative estimate of drug-likeness (QED) is 0.833. The van der Waals surface area contributed by atoms with Crippen molar-refractivity contribution in [3.05, 3.63) is 30.3 Å². The van der Waals surface area contributed by atoms with E-state index in [9.17, 15) is 0 Å². The molecule has 1 aliphatic rings. The molecule has 1 heterocycles. The van der Waals surface area contributed by atoms with E-state index >= 15 is 0 Å². The van der Waals surface area contributed by atoms with Crippen LogP contribution in [0.1, 0.15) is 13.3 Å². The molecule has 1 aromatic rings. The smallest absolute Gasteiger partial charge is 0.119 e. The largest absolute Gasteiger partial charge is 0.492 e. The average molecular weight is 248 g/mol. The molecule has 0 saturated carbocycles. The predicted octanol–water partition coefficient (Wildman–Crippen LogP) is 2.00. The Morgan fingerprint density at radius 1 is 1.33 bits per heavy atom. The summed E-state index contributed by atoms with van der Waals surface area (Å²) in [6, 6.07) is 10.0. The third-order valence-electron chi connectivity index (χ3n) is 3.66. The van der Waals surface area contributed by atoms with Crippen molar-refractivity contribution in [2.45, 2.75) is 13.3 Å². The average Bonchev–Trinajstić information content (AvgIpc) is 2.73.